The van der Waals surface area contributed by atoms with Crippen molar-refractivity contribution in [1.82, 2.24) is 10.2 Å². The zero-order valence-electron chi connectivity index (χ0n) is 9.59. The fraction of sp³-hybridized carbons (Fsp3) is 0.545. The molecule has 2 N–H and O–H groups in total. The number of carboxylic acids is 1. The molecule has 1 aromatic rings. The maximum atomic E-state index is 11.0. The summed E-state index contributed by atoms with van der Waals surface area (Å²) in [7, 11) is 0. The number of thioether (sulfide) groups is 1. The first-order valence-electron chi connectivity index (χ1n) is 5.56. The quantitative estimate of drug-likeness (QED) is 0.853. The molecule has 1 heterocycles. The smallest absolute Gasteiger partial charge is 0.339 e. The van der Waals surface area contributed by atoms with Crippen LogP contribution in [0.15, 0.2) is 12.3 Å². The van der Waals surface area contributed by atoms with Crippen LogP contribution in [0.3, 0.4) is 0 Å². The molecule has 0 spiro atoms. The molecular weight excluding hydrogens is 238 g/mol. The van der Waals surface area contributed by atoms with Crippen molar-refractivity contribution in [1.29, 1.82) is 0 Å². The topological polar surface area (TPSA) is 75.1 Å². The standard InChI is InChI=1S/C11H15N3O2S/c1-17-9-4-2-3-8(9)13-10-7(11(15)16)5-6-12-14-10/h5-6,8-9H,2-4H2,1H3,(H,13,14)(H,15,16). The van der Waals surface area contributed by atoms with E-state index in [-0.39, 0.29) is 5.56 Å². The Balaban J connectivity index is 2.15. The van der Waals surface area contributed by atoms with E-state index in [1.807, 2.05) is 11.8 Å². The maximum absolute atomic E-state index is 11.0. The van der Waals surface area contributed by atoms with Gasteiger partial charge >= 0.3 is 5.97 Å². The summed E-state index contributed by atoms with van der Waals surface area (Å²) in [6.45, 7) is 0. The number of aromatic carboxylic acids is 1. The fourth-order valence-electron chi connectivity index (χ4n) is 2.16. The van der Waals surface area contributed by atoms with Gasteiger partial charge < -0.3 is 10.4 Å². The van der Waals surface area contributed by atoms with Gasteiger partial charge in [0.25, 0.3) is 0 Å². The Labute approximate surface area is 104 Å². The minimum absolute atomic E-state index is 0.187. The number of hydrogen-bond acceptors (Lipinski definition) is 5. The first-order chi connectivity index (χ1) is 8.22. The third-order valence-corrected chi connectivity index (χ3v) is 4.20. The highest BCUT2D eigenvalue weighted by atomic mass is 32.2. The van der Waals surface area contributed by atoms with E-state index in [4.69, 9.17) is 5.11 Å². The predicted molar refractivity (Wildman–Crippen MR) is 67.6 cm³/mol. The normalized spacial score (nSPS) is 23.6. The molecule has 1 aromatic heterocycles. The molecule has 5 nitrogen and oxygen atoms in total. The molecular formula is C11H15N3O2S. The van der Waals surface area contributed by atoms with Crippen molar-refractivity contribution in [2.24, 2.45) is 0 Å². The van der Waals surface area contributed by atoms with Crippen molar-refractivity contribution < 1.29 is 9.90 Å². The van der Waals surface area contributed by atoms with Crippen LogP contribution >= 0.6 is 11.8 Å². The number of nitrogens with one attached hydrogen (secondary N) is 1. The van der Waals surface area contributed by atoms with E-state index in [0.29, 0.717) is 17.1 Å². The first-order valence-corrected chi connectivity index (χ1v) is 6.85. The summed E-state index contributed by atoms with van der Waals surface area (Å²) in [5, 5.41) is 20.4. The summed E-state index contributed by atoms with van der Waals surface area (Å²) in [5.74, 6) is -0.591. The fourth-order valence-corrected chi connectivity index (χ4v) is 3.09. The molecule has 1 aliphatic carbocycles. The highest BCUT2D eigenvalue weighted by molar-refractivity contribution is 7.99. The van der Waals surface area contributed by atoms with E-state index < -0.39 is 5.97 Å². The average Bonchev–Trinajstić information content (AvgIpc) is 2.77. The van der Waals surface area contributed by atoms with Gasteiger partial charge in [-0.05, 0) is 25.2 Å². The Morgan fingerprint density at radius 1 is 1.59 bits per heavy atom. The Morgan fingerprint density at radius 2 is 2.41 bits per heavy atom. The lowest BCUT2D eigenvalue weighted by molar-refractivity contribution is 0.0697. The summed E-state index contributed by atoms with van der Waals surface area (Å²) < 4.78 is 0. The van der Waals surface area contributed by atoms with Gasteiger partial charge in [0.15, 0.2) is 5.82 Å². The van der Waals surface area contributed by atoms with Gasteiger partial charge in [-0.15, -0.1) is 5.10 Å². The number of carbonyl (C=O) groups is 1. The van der Waals surface area contributed by atoms with E-state index in [2.05, 4.69) is 21.8 Å². The molecule has 0 aromatic carbocycles. The molecule has 2 atom stereocenters. The van der Waals surface area contributed by atoms with Crippen LogP contribution < -0.4 is 5.32 Å². The average molecular weight is 253 g/mol. The van der Waals surface area contributed by atoms with Gasteiger partial charge in [-0.25, -0.2) is 4.79 Å². The van der Waals surface area contributed by atoms with Crippen LogP contribution in [0.4, 0.5) is 5.82 Å². The van der Waals surface area contributed by atoms with Gasteiger partial charge in [0, 0.05) is 11.3 Å². The van der Waals surface area contributed by atoms with Gasteiger partial charge in [-0.2, -0.15) is 16.9 Å². The lowest BCUT2D eigenvalue weighted by Gasteiger charge is -2.20. The first kappa shape index (κ1) is 12.2. The van der Waals surface area contributed by atoms with Crippen LogP contribution in [0, 0.1) is 0 Å². The molecule has 0 bridgehead atoms. The highest BCUT2D eigenvalue weighted by Gasteiger charge is 2.27. The molecule has 1 aliphatic rings. The van der Waals surface area contributed by atoms with E-state index in [9.17, 15) is 4.79 Å². The van der Waals surface area contributed by atoms with Gasteiger partial charge in [0.1, 0.15) is 5.56 Å². The van der Waals surface area contributed by atoms with E-state index in [0.717, 1.165) is 6.42 Å². The lowest BCUT2D eigenvalue weighted by Crippen LogP contribution is -2.27. The third-order valence-electron chi connectivity index (χ3n) is 3.03. The Hall–Kier alpha value is -1.30. The minimum atomic E-state index is -0.971. The molecule has 0 radical (unpaired) electrons. The zero-order valence-corrected chi connectivity index (χ0v) is 10.4. The van der Waals surface area contributed by atoms with Gasteiger partial charge in [-0.1, -0.05) is 6.42 Å². The SMILES string of the molecule is CSC1CCCC1Nc1nnccc1C(=O)O. The zero-order chi connectivity index (χ0) is 12.3. The Kier molecular flexibility index (Phi) is 3.83. The van der Waals surface area contributed by atoms with Gasteiger partial charge in [0.2, 0.25) is 0 Å². The molecule has 92 valence electrons. The Bertz CT molecular complexity index is 413. The number of rotatable bonds is 4. The number of aromatic nitrogens is 2. The summed E-state index contributed by atoms with van der Waals surface area (Å²) in [6.07, 6.45) is 6.88. The van der Waals surface area contributed by atoms with Crippen LogP contribution in [-0.2, 0) is 0 Å². The number of hydrogen-bond donors (Lipinski definition) is 2. The molecule has 1 fully saturated rings. The van der Waals surface area contributed by atoms with Crippen molar-refractivity contribution in [2.45, 2.75) is 30.6 Å². The van der Waals surface area contributed by atoms with Crippen molar-refractivity contribution in [3.63, 3.8) is 0 Å². The maximum Gasteiger partial charge on any atom is 0.339 e. The molecule has 6 heteroatoms. The number of anilines is 1. The monoisotopic (exact) mass is 253 g/mol. The summed E-state index contributed by atoms with van der Waals surface area (Å²) in [5.41, 5.74) is 0.187. The van der Waals surface area contributed by atoms with Crippen molar-refractivity contribution in [2.75, 3.05) is 11.6 Å². The summed E-state index contributed by atoms with van der Waals surface area (Å²) >= 11 is 1.82. The summed E-state index contributed by atoms with van der Waals surface area (Å²) in [6, 6.07) is 1.76. The van der Waals surface area contributed by atoms with Crippen LogP contribution in [0.2, 0.25) is 0 Å². The third kappa shape index (κ3) is 2.69. The van der Waals surface area contributed by atoms with Crippen molar-refractivity contribution >= 4 is 23.5 Å². The molecule has 2 rings (SSSR count). The second-order valence-corrected chi connectivity index (χ2v) is 5.13. The van der Waals surface area contributed by atoms with Crippen LogP contribution in [-0.4, -0.2) is 38.8 Å². The second-order valence-electron chi connectivity index (χ2n) is 4.05. The Morgan fingerprint density at radius 3 is 3.12 bits per heavy atom. The molecule has 2 unspecified atom stereocenters. The van der Waals surface area contributed by atoms with Crippen molar-refractivity contribution in [3.05, 3.63) is 17.8 Å². The molecule has 17 heavy (non-hydrogen) atoms. The summed E-state index contributed by atoms with van der Waals surface area (Å²) in [4.78, 5) is 11.0. The van der Waals surface area contributed by atoms with Gasteiger partial charge in [0.05, 0.1) is 6.20 Å². The highest BCUT2D eigenvalue weighted by Crippen LogP contribution is 2.30. The lowest BCUT2D eigenvalue weighted by atomic mass is 10.2. The second kappa shape index (κ2) is 5.35. The largest absolute Gasteiger partial charge is 0.478 e. The number of nitrogens with zero attached hydrogens (tertiary/aromatic N) is 2. The van der Waals surface area contributed by atoms with Crippen LogP contribution in [0.25, 0.3) is 0 Å². The van der Waals surface area contributed by atoms with E-state index >= 15 is 0 Å². The predicted octanol–water partition coefficient (Wildman–Crippen LogP) is 1.87. The molecule has 0 saturated heterocycles. The molecule has 0 amide bonds. The van der Waals surface area contributed by atoms with Crippen LogP contribution in [0.1, 0.15) is 29.6 Å². The minimum Gasteiger partial charge on any atom is -0.478 e. The van der Waals surface area contributed by atoms with Crippen molar-refractivity contribution in [3.8, 4) is 0 Å². The van der Waals surface area contributed by atoms with Crippen LogP contribution in [0.5, 0.6) is 0 Å². The van der Waals surface area contributed by atoms with Gasteiger partial charge in [-0.3, -0.25) is 0 Å². The van der Waals surface area contributed by atoms with E-state index in [1.165, 1.54) is 25.1 Å². The van der Waals surface area contributed by atoms with E-state index in [1.54, 1.807) is 0 Å². The number of carboxylic acid groups (broad SMARTS) is 1. The molecule has 0 aliphatic heterocycles. The molecule has 1 saturated carbocycles.